The van der Waals surface area contributed by atoms with Crippen molar-refractivity contribution in [2.24, 2.45) is 11.7 Å². The van der Waals surface area contributed by atoms with Gasteiger partial charge in [0.1, 0.15) is 28.8 Å². The molecular weight excluding hydrogens is 441 g/mol. The molecule has 0 aliphatic heterocycles. The Morgan fingerprint density at radius 1 is 0.912 bits per heavy atom. The van der Waals surface area contributed by atoms with Crippen molar-refractivity contribution in [1.82, 2.24) is 19.5 Å². The number of nitrogens with one attached hydrogen (secondary N) is 1. The van der Waals surface area contributed by atoms with Crippen LogP contribution in [0.5, 0.6) is 0 Å². The Labute approximate surface area is 195 Å². The second-order valence-electron chi connectivity index (χ2n) is 8.77. The summed E-state index contributed by atoms with van der Waals surface area (Å²) in [5, 5.41) is 3.03. The van der Waals surface area contributed by atoms with E-state index >= 15 is 0 Å². The van der Waals surface area contributed by atoms with Crippen LogP contribution < -0.4 is 11.1 Å². The number of hydrogen-bond donors (Lipinski definition) is 2. The Morgan fingerprint density at radius 3 is 2.35 bits per heavy atom. The topological polar surface area (TPSA) is 81.7 Å². The lowest BCUT2D eigenvalue weighted by Crippen LogP contribution is -2.28. The van der Waals surface area contributed by atoms with Crippen LogP contribution in [-0.2, 0) is 13.1 Å². The highest BCUT2D eigenvalue weighted by Crippen LogP contribution is 2.32. The largest absolute Gasteiger partial charge is 0.350 e. The van der Waals surface area contributed by atoms with Gasteiger partial charge in [-0.2, -0.15) is 4.98 Å². The van der Waals surface area contributed by atoms with Crippen molar-refractivity contribution in [2.75, 3.05) is 5.32 Å². The van der Waals surface area contributed by atoms with Gasteiger partial charge in [0.25, 0.3) is 0 Å². The first kappa shape index (κ1) is 22.3. The first-order valence-electron chi connectivity index (χ1n) is 11.4. The van der Waals surface area contributed by atoms with Crippen LogP contribution in [0.15, 0.2) is 48.7 Å². The van der Waals surface area contributed by atoms with Gasteiger partial charge in [-0.05, 0) is 49.8 Å². The van der Waals surface area contributed by atoms with E-state index in [0.717, 1.165) is 25.7 Å². The lowest BCUT2D eigenvalue weighted by atomic mass is 9.86. The van der Waals surface area contributed by atoms with Gasteiger partial charge < -0.3 is 15.6 Å². The zero-order valence-corrected chi connectivity index (χ0v) is 18.5. The summed E-state index contributed by atoms with van der Waals surface area (Å²) in [4.78, 5) is 13.4. The number of rotatable bonds is 6. The van der Waals surface area contributed by atoms with E-state index in [-0.39, 0.29) is 41.7 Å². The molecule has 0 saturated heterocycles. The zero-order chi connectivity index (χ0) is 23.7. The number of nitrogens with zero attached hydrogens (tertiary/aromatic N) is 4. The maximum atomic E-state index is 14.7. The molecule has 2 aromatic heterocycles. The summed E-state index contributed by atoms with van der Waals surface area (Å²) in [5.41, 5.74) is 7.26. The van der Waals surface area contributed by atoms with Crippen LogP contribution in [0.1, 0.15) is 31.2 Å². The number of anilines is 1. The summed E-state index contributed by atoms with van der Waals surface area (Å²) in [6.45, 7) is 0.706. The first-order valence-corrected chi connectivity index (χ1v) is 11.4. The second kappa shape index (κ2) is 9.42. The molecule has 1 fully saturated rings. The minimum atomic E-state index is -0.687. The number of aromatic nitrogens is 4. The van der Waals surface area contributed by atoms with E-state index in [9.17, 15) is 13.2 Å². The molecule has 0 unspecified atom stereocenters. The van der Waals surface area contributed by atoms with Crippen molar-refractivity contribution in [3.8, 4) is 11.4 Å². The standard InChI is InChI=1S/C25H25F3N6/c26-18-5-2-1-4-16(18)12-30-25-31-13-21-23(33-25)34(14-15-8-10-17(29)11-9-15)24(32-21)22-19(27)6-3-7-20(22)28/h1-7,13,15,17H,8-12,14,29H2,(H,30,31,33). The van der Waals surface area contributed by atoms with Gasteiger partial charge >= 0.3 is 0 Å². The van der Waals surface area contributed by atoms with Crippen LogP contribution in [0.4, 0.5) is 19.1 Å². The summed E-state index contributed by atoms with van der Waals surface area (Å²) in [6, 6.07) is 10.4. The van der Waals surface area contributed by atoms with Gasteiger partial charge in [-0.1, -0.05) is 24.3 Å². The molecule has 1 aliphatic carbocycles. The van der Waals surface area contributed by atoms with Gasteiger partial charge in [-0.25, -0.2) is 23.1 Å². The van der Waals surface area contributed by atoms with E-state index in [2.05, 4.69) is 20.3 Å². The van der Waals surface area contributed by atoms with E-state index in [1.807, 2.05) is 0 Å². The highest BCUT2D eigenvalue weighted by atomic mass is 19.1. The van der Waals surface area contributed by atoms with Gasteiger partial charge in [-0.3, -0.25) is 0 Å². The van der Waals surface area contributed by atoms with Gasteiger partial charge in [0.05, 0.1) is 11.8 Å². The van der Waals surface area contributed by atoms with E-state index < -0.39 is 11.6 Å². The molecule has 0 amide bonds. The SMILES string of the molecule is NC1CCC(Cn2c(-c3c(F)cccc3F)nc3cnc(NCc4ccccc4F)nc32)CC1. The second-order valence-corrected chi connectivity index (χ2v) is 8.77. The third-order valence-electron chi connectivity index (χ3n) is 6.40. The smallest absolute Gasteiger partial charge is 0.225 e. The Kier molecular flexibility index (Phi) is 6.19. The van der Waals surface area contributed by atoms with Crippen LogP contribution in [0.3, 0.4) is 0 Å². The molecule has 0 bridgehead atoms. The maximum Gasteiger partial charge on any atom is 0.225 e. The molecule has 0 spiro atoms. The third kappa shape index (κ3) is 4.48. The van der Waals surface area contributed by atoms with Gasteiger partial charge in [0.15, 0.2) is 5.65 Å². The van der Waals surface area contributed by atoms with Crippen molar-refractivity contribution in [3.05, 3.63) is 71.7 Å². The minimum absolute atomic E-state index is 0.182. The average molecular weight is 467 g/mol. The summed E-state index contributed by atoms with van der Waals surface area (Å²) < 4.78 is 45.2. The quantitative estimate of drug-likeness (QED) is 0.416. The molecule has 2 aromatic carbocycles. The normalized spacial score (nSPS) is 18.4. The van der Waals surface area contributed by atoms with E-state index in [4.69, 9.17) is 5.73 Å². The van der Waals surface area contributed by atoms with Crippen LogP contribution in [0.2, 0.25) is 0 Å². The molecule has 1 aliphatic rings. The number of fused-ring (bicyclic) bond motifs is 1. The number of halogens is 3. The molecule has 6 nitrogen and oxygen atoms in total. The Hall–Kier alpha value is -3.46. The highest BCUT2D eigenvalue weighted by Gasteiger charge is 2.25. The minimum Gasteiger partial charge on any atom is -0.350 e. The molecule has 5 rings (SSSR count). The Morgan fingerprint density at radius 2 is 1.62 bits per heavy atom. The van der Waals surface area contributed by atoms with Crippen molar-refractivity contribution in [3.63, 3.8) is 0 Å². The predicted octanol–water partition coefficient (Wildman–Crippen LogP) is 5.04. The zero-order valence-electron chi connectivity index (χ0n) is 18.5. The fraction of sp³-hybridized carbons (Fsp3) is 0.320. The molecule has 3 N–H and O–H groups in total. The average Bonchev–Trinajstić information content (AvgIpc) is 3.17. The Balaban J connectivity index is 1.53. The Bertz CT molecular complexity index is 1290. The van der Waals surface area contributed by atoms with E-state index in [0.29, 0.717) is 23.3 Å². The summed E-state index contributed by atoms with van der Waals surface area (Å²) in [6.07, 6.45) is 5.17. The molecule has 4 aromatic rings. The number of hydrogen-bond acceptors (Lipinski definition) is 5. The van der Waals surface area contributed by atoms with Crippen LogP contribution in [-0.4, -0.2) is 25.6 Å². The summed E-state index contributed by atoms with van der Waals surface area (Å²) in [5.74, 6) is -0.949. The highest BCUT2D eigenvalue weighted by molar-refractivity contribution is 5.77. The molecule has 2 heterocycles. The van der Waals surface area contributed by atoms with Gasteiger partial charge in [-0.15, -0.1) is 0 Å². The van der Waals surface area contributed by atoms with Crippen LogP contribution in [0.25, 0.3) is 22.6 Å². The summed E-state index contributed by atoms with van der Waals surface area (Å²) in [7, 11) is 0. The van der Waals surface area contributed by atoms with Crippen molar-refractivity contribution < 1.29 is 13.2 Å². The first-order chi connectivity index (χ1) is 16.5. The van der Waals surface area contributed by atoms with Crippen LogP contribution >= 0.6 is 0 Å². The molecule has 9 heteroatoms. The van der Waals surface area contributed by atoms with E-state index in [1.165, 1.54) is 30.5 Å². The fourth-order valence-electron chi connectivity index (χ4n) is 4.52. The van der Waals surface area contributed by atoms with E-state index in [1.54, 1.807) is 22.8 Å². The lowest BCUT2D eigenvalue weighted by Gasteiger charge is -2.27. The molecule has 0 atom stereocenters. The number of benzene rings is 2. The lowest BCUT2D eigenvalue weighted by molar-refractivity contribution is 0.297. The maximum absolute atomic E-state index is 14.7. The van der Waals surface area contributed by atoms with Crippen molar-refractivity contribution >= 4 is 17.1 Å². The van der Waals surface area contributed by atoms with Crippen molar-refractivity contribution in [2.45, 2.75) is 44.8 Å². The third-order valence-corrected chi connectivity index (χ3v) is 6.40. The molecule has 1 saturated carbocycles. The van der Waals surface area contributed by atoms with Gasteiger partial charge in [0.2, 0.25) is 5.95 Å². The molecule has 176 valence electrons. The van der Waals surface area contributed by atoms with Crippen molar-refractivity contribution in [1.29, 1.82) is 0 Å². The summed E-state index contributed by atoms with van der Waals surface area (Å²) >= 11 is 0. The molecule has 0 radical (unpaired) electrons. The predicted molar refractivity (Wildman–Crippen MR) is 124 cm³/mol. The monoisotopic (exact) mass is 466 g/mol. The number of nitrogens with two attached hydrogens (primary N) is 1. The van der Waals surface area contributed by atoms with Crippen LogP contribution in [0, 0.1) is 23.4 Å². The van der Waals surface area contributed by atoms with Gasteiger partial charge in [0, 0.05) is 24.7 Å². The fourth-order valence-corrected chi connectivity index (χ4v) is 4.52. The molecular formula is C25H25F3N6. The molecule has 34 heavy (non-hydrogen) atoms. The number of imidazole rings is 1.